The van der Waals surface area contributed by atoms with Crippen LogP contribution in [0.25, 0.3) is 20.9 Å². The second-order valence-electron chi connectivity index (χ2n) is 1.78. The number of hydrogen-bond donors (Lipinski definition) is 0. The van der Waals surface area contributed by atoms with Crippen molar-refractivity contribution in [1.29, 1.82) is 0 Å². The Balaban J connectivity index is 2.41. The summed E-state index contributed by atoms with van der Waals surface area (Å²) in [6, 6.07) is -0.156. The molecule has 0 heterocycles. The van der Waals surface area contributed by atoms with E-state index in [0.29, 0.717) is 6.42 Å². The van der Waals surface area contributed by atoms with Gasteiger partial charge in [0.05, 0.1) is 0 Å². The van der Waals surface area contributed by atoms with Crippen LogP contribution in [-0.2, 0) is 0 Å². The molecule has 1 fully saturated rings. The maximum Gasteiger partial charge on any atom is 0.0462 e. The summed E-state index contributed by atoms with van der Waals surface area (Å²) in [6.45, 7) is 0. The van der Waals surface area contributed by atoms with E-state index in [1.165, 1.54) is 0 Å². The first kappa shape index (κ1) is 5.75. The normalized spacial score (nSPS) is 29.8. The first-order valence-corrected chi connectivity index (χ1v) is 2.47. The Morgan fingerprint density at radius 3 is 1.89 bits per heavy atom. The van der Waals surface area contributed by atoms with Gasteiger partial charge < -0.3 is 0 Å². The summed E-state index contributed by atoms with van der Waals surface area (Å²) < 4.78 is 0. The van der Waals surface area contributed by atoms with Crippen LogP contribution in [-0.4, -0.2) is 12.1 Å². The third kappa shape index (κ3) is 1.25. The summed E-state index contributed by atoms with van der Waals surface area (Å²) in [7, 11) is 0. The van der Waals surface area contributed by atoms with Gasteiger partial charge in [-0.05, 0) is 17.5 Å². The SMILES string of the molecule is [N-]=[N+]=N[C@H]1C[C@H]1N=[N+]=[N-]. The molecule has 0 unspecified atom stereocenters. The molecule has 0 aromatic rings. The maximum absolute atomic E-state index is 7.89. The van der Waals surface area contributed by atoms with Crippen LogP contribution in [0, 0.1) is 0 Å². The number of nitrogens with zero attached hydrogens (tertiary/aromatic N) is 6. The second-order valence-corrected chi connectivity index (χ2v) is 1.78. The lowest BCUT2D eigenvalue weighted by Crippen LogP contribution is -1.79. The second kappa shape index (κ2) is 2.26. The smallest absolute Gasteiger partial charge is 0.0462 e. The molecule has 0 aromatic carbocycles. The molecule has 0 N–H and O–H groups in total. The van der Waals surface area contributed by atoms with Crippen LogP contribution >= 0.6 is 0 Å². The summed E-state index contributed by atoms with van der Waals surface area (Å²) in [6.07, 6.45) is 0.703. The summed E-state index contributed by atoms with van der Waals surface area (Å²) in [5, 5.41) is 6.70. The third-order valence-electron chi connectivity index (χ3n) is 1.12. The Morgan fingerprint density at radius 1 is 1.11 bits per heavy atom. The van der Waals surface area contributed by atoms with E-state index in [1.54, 1.807) is 0 Å². The highest BCUT2D eigenvalue weighted by molar-refractivity contribution is 4.99. The zero-order valence-electron chi connectivity index (χ0n) is 4.55. The highest BCUT2D eigenvalue weighted by Crippen LogP contribution is 2.28. The fourth-order valence-corrected chi connectivity index (χ4v) is 0.550. The summed E-state index contributed by atoms with van der Waals surface area (Å²) in [5.74, 6) is 0. The topological polar surface area (TPSA) is 97.5 Å². The van der Waals surface area contributed by atoms with E-state index in [9.17, 15) is 0 Å². The molecule has 1 saturated carbocycles. The van der Waals surface area contributed by atoms with Crippen molar-refractivity contribution in [2.45, 2.75) is 18.5 Å². The van der Waals surface area contributed by atoms with Gasteiger partial charge in [-0.25, -0.2) is 0 Å². The average molecular weight is 124 g/mol. The van der Waals surface area contributed by atoms with Crippen molar-refractivity contribution in [3.05, 3.63) is 20.9 Å². The van der Waals surface area contributed by atoms with E-state index in [4.69, 9.17) is 11.1 Å². The first-order valence-electron chi connectivity index (χ1n) is 2.47. The van der Waals surface area contributed by atoms with E-state index in [0.717, 1.165) is 0 Å². The molecular formula is C3H4N6. The lowest BCUT2D eigenvalue weighted by Gasteiger charge is -1.73. The minimum absolute atomic E-state index is 0.0779. The monoisotopic (exact) mass is 124 g/mol. The minimum atomic E-state index is -0.0779. The first-order chi connectivity index (χ1) is 4.38. The highest BCUT2D eigenvalue weighted by Gasteiger charge is 2.34. The number of hydrogen-bond acceptors (Lipinski definition) is 2. The minimum Gasteiger partial charge on any atom is -0.0902 e. The van der Waals surface area contributed by atoms with Crippen molar-refractivity contribution in [2.24, 2.45) is 10.2 Å². The van der Waals surface area contributed by atoms with Gasteiger partial charge in [0, 0.05) is 21.9 Å². The molecule has 0 aliphatic heterocycles. The molecule has 46 valence electrons. The number of rotatable bonds is 2. The Kier molecular flexibility index (Phi) is 1.44. The van der Waals surface area contributed by atoms with Gasteiger partial charge in [-0.3, -0.25) is 0 Å². The molecule has 0 aromatic heterocycles. The van der Waals surface area contributed by atoms with Gasteiger partial charge >= 0.3 is 0 Å². The van der Waals surface area contributed by atoms with Crippen LogP contribution in [0.4, 0.5) is 0 Å². The van der Waals surface area contributed by atoms with Crippen molar-refractivity contribution in [3.8, 4) is 0 Å². The van der Waals surface area contributed by atoms with Crippen molar-refractivity contribution in [2.75, 3.05) is 0 Å². The Morgan fingerprint density at radius 2 is 1.56 bits per heavy atom. The lowest BCUT2D eigenvalue weighted by molar-refractivity contribution is 0.940. The number of azide groups is 2. The van der Waals surface area contributed by atoms with Crippen LogP contribution in [0.1, 0.15) is 6.42 Å². The summed E-state index contributed by atoms with van der Waals surface area (Å²) >= 11 is 0. The largest absolute Gasteiger partial charge is 0.0902 e. The molecule has 1 aliphatic carbocycles. The molecule has 2 atom stereocenters. The van der Waals surface area contributed by atoms with Crippen molar-refractivity contribution < 1.29 is 0 Å². The zero-order valence-corrected chi connectivity index (χ0v) is 4.55. The molecule has 6 nitrogen and oxygen atoms in total. The Labute approximate surface area is 50.7 Å². The standard InChI is InChI=1S/C3H4N6/c4-8-6-2-1-3(2)7-9-5/h2-3H,1H2/t2-,3+. The Hall–Kier alpha value is -1.38. The lowest BCUT2D eigenvalue weighted by atomic mass is 10.7. The molecule has 9 heavy (non-hydrogen) atoms. The predicted molar refractivity (Wildman–Crippen MR) is 30.5 cm³/mol. The zero-order chi connectivity index (χ0) is 6.69. The highest BCUT2D eigenvalue weighted by atomic mass is 15.2. The fraction of sp³-hybridized carbons (Fsp3) is 1.00. The van der Waals surface area contributed by atoms with E-state index < -0.39 is 0 Å². The van der Waals surface area contributed by atoms with E-state index in [-0.39, 0.29) is 12.1 Å². The van der Waals surface area contributed by atoms with Crippen LogP contribution in [0.3, 0.4) is 0 Å². The quantitative estimate of drug-likeness (QED) is 0.304. The van der Waals surface area contributed by atoms with E-state index in [2.05, 4.69) is 20.1 Å². The van der Waals surface area contributed by atoms with Crippen LogP contribution < -0.4 is 0 Å². The van der Waals surface area contributed by atoms with Crippen molar-refractivity contribution in [1.82, 2.24) is 0 Å². The average Bonchev–Trinajstić information content (AvgIpc) is 2.50. The van der Waals surface area contributed by atoms with Crippen molar-refractivity contribution in [3.63, 3.8) is 0 Å². The van der Waals surface area contributed by atoms with Gasteiger partial charge in [0.2, 0.25) is 0 Å². The van der Waals surface area contributed by atoms with E-state index in [1.807, 2.05) is 0 Å². The van der Waals surface area contributed by atoms with Gasteiger partial charge in [-0.2, -0.15) is 0 Å². The van der Waals surface area contributed by atoms with Gasteiger partial charge in [-0.1, -0.05) is 10.2 Å². The van der Waals surface area contributed by atoms with Gasteiger partial charge in [0.1, 0.15) is 0 Å². The summed E-state index contributed by atoms with van der Waals surface area (Å²) in [4.78, 5) is 5.14. The fourth-order valence-electron chi connectivity index (χ4n) is 0.550. The Bertz CT molecular complexity index is 174. The molecule has 0 radical (unpaired) electrons. The molecule has 1 rings (SSSR count). The third-order valence-corrected chi connectivity index (χ3v) is 1.12. The molecule has 0 saturated heterocycles. The van der Waals surface area contributed by atoms with E-state index >= 15 is 0 Å². The van der Waals surface area contributed by atoms with Crippen LogP contribution in [0.5, 0.6) is 0 Å². The van der Waals surface area contributed by atoms with Crippen LogP contribution in [0.2, 0.25) is 0 Å². The predicted octanol–water partition coefficient (Wildman–Crippen LogP) is 1.75. The molecule has 0 bridgehead atoms. The molecule has 1 aliphatic rings. The molecule has 6 heteroatoms. The van der Waals surface area contributed by atoms with Gasteiger partial charge in [0.15, 0.2) is 0 Å². The summed E-state index contributed by atoms with van der Waals surface area (Å²) in [5.41, 5.74) is 15.8. The van der Waals surface area contributed by atoms with Gasteiger partial charge in [0.25, 0.3) is 0 Å². The van der Waals surface area contributed by atoms with Crippen LogP contribution in [0.15, 0.2) is 10.2 Å². The maximum atomic E-state index is 7.89. The van der Waals surface area contributed by atoms with Gasteiger partial charge in [-0.15, -0.1) is 0 Å². The molecule has 0 amide bonds. The molecule has 0 spiro atoms. The molecular weight excluding hydrogens is 120 g/mol. The van der Waals surface area contributed by atoms with Crippen molar-refractivity contribution >= 4 is 0 Å².